The van der Waals surface area contributed by atoms with Gasteiger partial charge >= 0.3 is 0 Å². The average molecular weight is 286 g/mol. The van der Waals surface area contributed by atoms with Gasteiger partial charge < -0.3 is 4.90 Å². The van der Waals surface area contributed by atoms with Crippen molar-refractivity contribution < 1.29 is 4.79 Å². The molecule has 100 valence electrons. The highest BCUT2D eigenvalue weighted by Gasteiger charge is 2.14. The van der Waals surface area contributed by atoms with Crippen LogP contribution < -0.4 is 4.90 Å². The lowest BCUT2D eigenvalue weighted by atomic mass is 10.1. The Kier molecular flexibility index (Phi) is 6.03. The first-order valence-corrected chi connectivity index (χ1v) is 7.80. The lowest BCUT2D eigenvalue weighted by Gasteiger charge is -2.29. The first kappa shape index (κ1) is 15.4. The van der Waals surface area contributed by atoms with Gasteiger partial charge in [0.15, 0.2) is 5.78 Å². The summed E-state index contributed by atoms with van der Waals surface area (Å²) < 4.78 is 0. The Hall–Kier alpha value is -0.670. The molecule has 0 aliphatic carbocycles. The summed E-state index contributed by atoms with van der Waals surface area (Å²) >= 11 is 7.98. The molecular weight excluding hydrogens is 266 g/mol. The predicted octanol–water partition coefficient (Wildman–Crippen LogP) is 4.12. The van der Waals surface area contributed by atoms with E-state index < -0.39 is 0 Å². The van der Waals surface area contributed by atoms with Gasteiger partial charge in [-0.25, -0.2) is 0 Å². The van der Waals surface area contributed by atoms with E-state index >= 15 is 0 Å². The van der Waals surface area contributed by atoms with E-state index in [4.69, 9.17) is 11.6 Å². The molecule has 0 bridgehead atoms. The van der Waals surface area contributed by atoms with Gasteiger partial charge in [0, 0.05) is 30.1 Å². The number of nitrogens with zero attached hydrogens (tertiary/aromatic N) is 1. The molecule has 1 aromatic rings. The zero-order valence-corrected chi connectivity index (χ0v) is 12.9. The van der Waals surface area contributed by atoms with Gasteiger partial charge in [0.1, 0.15) is 0 Å². The number of hydrogen-bond acceptors (Lipinski definition) is 3. The molecule has 4 heteroatoms. The maximum absolute atomic E-state index is 11.3. The van der Waals surface area contributed by atoms with E-state index in [-0.39, 0.29) is 5.78 Å². The fourth-order valence-electron chi connectivity index (χ4n) is 1.92. The highest BCUT2D eigenvalue weighted by molar-refractivity contribution is 7.98. The number of thioether (sulfide) groups is 1. The maximum atomic E-state index is 11.3. The first-order chi connectivity index (χ1) is 8.51. The molecule has 0 aromatic heterocycles. The molecule has 0 heterocycles. The monoisotopic (exact) mass is 285 g/mol. The maximum Gasteiger partial charge on any atom is 0.161 e. The summed E-state index contributed by atoms with van der Waals surface area (Å²) in [7, 11) is 2.07. The average Bonchev–Trinajstić information content (AvgIpc) is 2.34. The molecule has 0 amide bonds. The Morgan fingerprint density at radius 3 is 2.61 bits per heavy atom. The van der Waals surface area contributed by atoms with E-state index in [9.17, 15) is 4.79 Å². The van der Waals surface area contributed by atoms with Crippen LogP contribution in [0.1, 0.15) is 30.6 Å². The van der Waals surface area contributed by atoms with Crippen LogP contribution in [0.4, 0.5) is 5.69 Å². The van der Waals surface area contributed by atoms with Gasteiger partial charge in [-0.2, -0.15) is 11.8 Å². The fraction of sp³-hybridized carbons (Fsp3) is 0.500. The molecule has 0 spiro atoms. The van der Waals surface area contributed by atoms with Crippen molar-refractivity contribution in [1.29, 1.82) is 0 Å². The topological polar surface area (TPSA) is 20.3 Å². The van der Waals surface area contributed by atoms with Crippen molar-refractivity contribution in [3.63, 3.8) is 0 Å². The van der Waals surface area contributed by atoms with Gasteiger partial charge in [-0.1, -0.05) is 18.5 Å². The SMILES string of the molecule is CCC(CSC)N(C)c1ccc(C(C)=O)c(Cl)c1. The molecule has 1 atom stereocenters. The fourth-order valence-corrected chi connectivity index (χ4v) is 3.07. The molecule has 0 fully saturated rings. The van der Waals surface area contributed by atoms with Gasteiger partial charge in [0.05, 0.1) is 5.02 Å². The Morgan fingerprint density at radius 2 is 2.17 bits per heavy atom. The summed E-state index contributed by atoms with van der Waals surface area (Å²) in [4.78, 5) is 13.6. The number of carbonyl (C=O) groups is 1. The van der Waals surface area contributed by atoms with Crippen molar-refractivity contribution in [3.8, 4) is 0 Å². The summed E-state index contributed by atoms with van der Waals surface area (Å²) in [6, 6.07) is 6.13. The van der Waals surface area contributed by atoms with Crippen molar-refractivity contribution in [1.82, 2.24) is 0 Å². The van der Waals surface area contributed by atoms with Crippen molar-refractivity contribution in [2.75, 3.05) is 24.0 Å². The highest BCUT2D eigenvalue weighted by atomic mass is 35.5. The lowest BCUT2D eigenvalue weighted by molar-refractivity contribution is 0.101. The van der Waals surface area contributed by atoms with Gasteiger partial charge in [-0.3, -0.25) is 4.79 Å². The molecular formula is C14H20ClNOS. The van der Waals surface area contributed by atoms with Crippen LogP contribution in [0, 0.1) is 0 Å². The number of Topliss-reactive ketones (excluding diaryl/α,β-unsaturated/α-hetero) is 1. The van der Waals surface area contributed by atoms with E-state index in [1.54, 1.807) is 0 Å². The lowest BCUT2D eigenvalue weighted by Crippen LogP contribution is -2.33. The molecule has 1 unspecified atom stereocenters. The standard InChI is InChI=1S/C14H20ClNOS/c1-5-11(9-18-4)16(3)12-6-7-13(10(2)17)14(15)8-12/h6-8,11H,5,9H2,1-4H3. The van der Waals surface area contributed by atoms with E-state index in [1.165, 1.54) is 6.92 Å². The smallest absolute Gasteiger partial charge is 0.161 e. The molecule has 2 nitrogen and oxygen atoms in total. The zero-order valence-electron chi connectivity index (χ0n) is 11.4. The summed E-state index contributed by atoms with van der Waals surface area (Å²) in [6.45, 7) is 3.72. The number of anilines is 1. The van der Waals surface area contributed by atoms with Crippen LogP contribution in [0.5, 0.6) is 0 Å². The third kappa shape index (κ3) is 3.66. The van der Waals surface area contributed by atoms with Crippen LogP contribution in [0.25, 0.3) is 0 Å². The molecule has 1 rings (SSSR count). The molecule has 18 heavy (non-hydrogen) atoms. The molecule has 0 aliphatic heterocycles. The van der Waals surface area contributed by atoms with Crippen LogP contribution in [-0.2, 0) is 0 Å². The van der Waals surface area contributed by atoms with E-state index in [2.05, 4.69) is 25.1 Å². The van der Waals surface area contributed by atoms with E-state index in [0.29, 0.717) is 16.6 Å². The normalized spacial score (nSPS) is 12.3. The van der Waals surface area contributed by atoms with E-state index in [0.717, 1.165) is 17.9 Å². The van der Waals surface area contributed by atoms with Crippen LogP contribution in [0.2, 0.25) is 5.02 Å². The number of ketones is 1. The second-order valence-corrected chi connectivity index (χ2v) is 5.67. The largest absolute Gasteiger partial charge is 0.371 e. The number of carbonyl (C=O) groups excluding carboxylic acids is 1. The zero-order chi connectivity index (χ0) is 13.7. The molecule has 0 saturated carbocycles. The van der Waals surface area contributed by atoms with Crippen molar-refractivity contribution in [2.24, 2.45) is 0 Å². The summed E-state index contributed by atoms with van der Waals surface area (Å²) in [6.07, 6.45) is 3.20. The van der Waals surface area contributed by atoms with Crippen LogP contribution in [-0.4, -0.2) is 30.9 Å². The van der Waals surface area contributed by atoms with Gasteiger partial charge in [0.25, 0.3) is 0 Å². The van der Waals surface area contributed by atoms with Crippen LogP contribution in [0.3, 0.4) is 0 Å². The highest BCUT2D eigenvalue weighted by Crippen LogP contribution is 2.25. The molecule has 0 radical (unpaired) electrons. The molecule has 0 aliphatic rings. The Bertz CT molecular complexity index is 422. The second-order valence-electron chi connectivity index (χ2n) is 4.35. The third-order valence-corrected chi connectivity index (χ3v) is 4.15. The van der Waals surface area contributed by atoms with Gasteiger partial charge in [-0.15, -0.1) is 0 Å². The first-order valence-electron chi connectivity index (χ1n) is 6.03. The minimum Gasteiger partial charge on any atom is -0.371 e. The number of benzene rings is 1. The molecule has 0 N–H and O–H groups in total. The van der Waals surface area contributed by atoms with Crippen LogP contribution >= 0.6 is 23.4 Å². The van der Waals surface area contributed by atoms with Crippen LogP contribution in [0.15, 0.2) is 18.2 Å². The minimum atomic E-state index is 0.00496. The summed E-state index contributed by atoms with van der Waals surface area (Å²) in [5.74, 6) is 1.09. The predicted molar refractivity (Wildman–Crippen MR) is 82.3 cm³/mol. The minimum absolute atomic E-state index is 0.00496. The van der Waals surface area contributed by atoms with Crippen molar-refractivity contribution in [3.05, 3.63) is 28.8 Å². The summed E-state index contributed by atoms with van der Waals surface area (Å²) in [5.41, 5.74) is 1.65. The molecule has 1 aromatic carbocycles. The number of hydrogen-bond donors (Lipinski definition) is 0. The van der Waals surface area contributed by atoms with Gasteiger partial charge in [0.2, 0.25) is 0 Å². The quantitative estimate of drug-likeness (QED) is 0.733. The number of rotatable bonds is 6. The Labute approximate surface area is 119 Å². The Morgan fingerprint density at radius 1 is 1.50 bits per heavy atom. The van der Waals surface area contributed by atoms with Gasteiger partial charge in [-0.05, 0) is 37.8 Å². The van der Waals surface area contributed by atoms with E-state index in [1.807, 2.05) is 30.0 Å². The van der Waals surface area contributed by atoms with Crippen molar-refractivity contribution in [2.45, 2.75) is 26.3 Å². The third-order valence-electron chi connectivity index (χ3n) is 3.12. The summed E-state index contributed by atoms with van der Waals surface area (Å²) in [5, 5.41) is 0.533. The number of halogens is 1. The molecule has 0 saturated heterocycles. The second kappa shape index (κ2) is 7.05. The van der Waals surface area contributed by atoms with Crippen molar-refractivity contribution >= 4 is 34.8 Å². The Balaban J connectivity index is 2.96.